The molecule has 1 aliphatic rings. The van der Waals surface area contributed by atoms with Gasteiger partial charge >= 0.3 is 122 Å². The van der Waals surface area contributed by atoms with Crippen molar-refractivity contribution in [1.29, 1.82) is 0 Å². The van der Waals surface area contributed by atoms with Crippen LogP contribution < -0.4 is 14.0 Å². The summed E-state index contributed by atoms with van der Waals surface area (Å²) in [5, 5.41) is 0. The number of ether oxygens (including phenoxy) is 2. The number of rotatable bonds is 4. The normalized spacial score (nSPS) is 15.1. The quantitative estimate of drug-likeness (QED) is 0.770. The van der Waals surface area contributed by atoms with E-state index in [1.54, 1.807) is 14.2 Å². The molecule has 5 heteroatoms. The van der Waals surface area contributed by atoms with E-state index in [0.29, 0.717) is 19.6 Å². The van der Waals surface area contributed by atoms with Gasteiger partial charge in [-0.25, -0.2) is 0 Å². The number of hydrogen-bond acceptors (Lipinski definition) is 3. The molecular formula is C14H18AsNO3. The Morgan fingerprint density at radius 2 is 2.11 bits per heavy atom. The van der Waals surface area contributed by atoms with E-state index in [9.17, 15) is 4.79 Å². The Kier molecular flexibility index (Phi) is 4.89. The van der Waals surface area contributed by atoms with Gasteiger partial charge in [0.25, 0.3) is 0 Å². The van der Waals surface area contributed by atoms with Gasteiger partial charge in [0, 0.05) is 0 Å². The van der Waals surface area contributed by atoms with Gasteiger partial charge in [0.1, 0.15) is 0 Å². The van der Waals surface area contributed by atoms with Gasteiger partial charge in [-0.1, -0.05) is 0 Å². The van der Waals surface area contributed by atoms with E-state index in [2.05, 4.69) is 16.9 Å². The minimum absolute atomic E-state index is 0.163. The first-order valence-electron chi connectivity index (χ1n) is 6.37. The predicted molar refractivity (Wildman–Crippen MR) is 75.5 cm³/mol. The van der Waals surface area contributed by atoms with Crippen molar-refractivity contribution in [3.63, 3.8) is 0 Å². The zero-order valence-corrected chi connectivity index (χ0v) is 13.2. The maximum absolute atomic E-state index is 12.2. The molecule has 1 aromatic rings. The number of carbonyl (C=O) groups is 1. The number of carbonyl (C=O) groups excluding carboxylic acids is 1. The van der Waals surface area contributed by atoms with Gasteiger partial charge in [-0.3, -0.25) is 0 Å². The van der Waals surface area contributed by atoms with Crippen molar-refractivity contribution < 1.29 is 14.3 Å². The second kappa shape index (κ2) is 6.44. The fraction of sp³-hybridized carbons (Fsp3) is 0.500. The van der Waals surface area contributed by atoms with E-state index in [4.69, 9.17) is 9.47 Å². The van der Waals surface area contributed by atoms with E-state index in [1.165, 1.54) is 0 Å². The van der Waals surface area contributed by atoms with Crippen LogP contribution in [0.5, 0.6) is 5.75 Å². The van der Waals surface area contributed by atoms with Crippen LogP contribution >= 0.6 is 0 Å². The molecule has 1 aliphatic heterocycles. The summed E-state index contributed by atoms with van der Waals surface area (Å²) in [5.41, 5.74) is 2.09. The monoisotopic (exact) mass is 323 g/mol. The molecule has 0 spiro atoms. The molecule has 0 aromatic heterocycles. The average molecular weight is 323 g/mol. The molecule has 2 rings (SSSR count). The molecule has 0 fully saturated rings. The molecule has 0 atom stereocenters. The van der Waals surface area contributed by atoms with E-state index < -0.39 is 0 Å². The van der Waals surface area contributed by atoms with Crippen molar-refractivity contribution >= 4 is 32.8 Å². The Morgan fingerprint density at radius 3 is 2.79 bits per heavy atom. The molecule has 1 aromatic carbocycles. The van der Waals surface area contributed by atoms with Gasteiger partial charge in [0.2, 0.25) is 0 Å². The number of methoxy groups -OCH3 is 2. The first kappa shape index (κ1) is 14.4. The Bertz CT molecular complexity index is 476. The molecule has 0 saturated carbocycles. The zero-order valence-electron chi connectivity index (χ0n) is 11.3. The Morgan fingerprint density at radius 1 is 1.32 bits per heavy atom. The van der Waals surface area contributed by atoms with Gasteiger partial charge in [0.15, 0.2) is 0 Å². The SMILES string of the molecule is COCCN1C(=O)CCCc2c1ccc([As])c2OC. The molecule has 0 unspecified atom stereocenters. The molecule has 1 amide bonds. The average Bonchev–Trinajstić information content (AvgIpc) is 2.55. The van der Waals surface area contributed by atoms with Crippen LogP contribution in [0.1, 0.15) is 18.4 Å². The first-order valence-corrected chi connectivity index (χ1v) is 7.31. The van der Waals surface area contributed by atoms with E-state index >= 15 is 0 Å². The van der Waals surface area contributed by atoms with Crippen molar-refractivity contribution in [1.82, 2.24) is 0 Å². The van der Waals surface area contributed by atoms with Gasteiger partial charge < -0.3 is 0 Å². The van der Waals surface area contributed by atoms with Gasteiger partial charge in [0.05, 0.1) is 0 Å². The molecule has 102 valence electrons. The number of hydrogen-bond donors (Lipinski definition) is 0. The van der Waals surface area contributed by atoms with Crippen LogP contribution in [0, 0.1) is 0 Å². The van der Waals surface area contributed by atoms with Crippen LogP contribution in [0.4, 0.5) is 5.69 Å². The molecule has 2 radical (unpaired) electrons. The molecular weight excluding hydrogens is 305 g/mol. The van der Waals surface area contributed by atoms with Crippen LogP contribution in [0.15, 0.2) is 12.1 Å². The number of amides is 1. The third-order valence-corrected chi connectivity index (χ3v) is 4.09. The number of benzene rings is 1. The summed E-state index contributed by atoms with van der Waals surface area (Å²) in [7, 11) is 3.33. The molecule has 19 heavy (non-hydrogen) atoms. The Labute approximate surface area is 122 Å². The second-order valence-corrected chi connectivity index (χ2v) is 5.52. The van der Waals surface area contributed by atoms with Crippen LogP contribution in [-0.4, -0.2) is 50.1 Å². The standard InChI is InChI=1S/C14H18AsNO3/c1-18-9-8-16-12-7-6-11(15)14(19-2)10(12)4-3-5-13(16)17/h6-7H,3-5,8-9H2,1-2H3. The van der Waals surface area contributed by atoms with Crippen molar-refractivity contribution in [2.75, 3.05) is 32.3 Å². The summed E-state index contributed by atoms with van der Waals surface area (Å²) in [6.45, 7) is 1.13. The fourth-order valence-corrected chi connectivity index (χ4v) is 3.07. The minimum atomic E-state index is 0.163. The predicted octanol–water partition coefficient (Wildman–Crippen LogP) is 0.805. The van der Waals surface area contributed by atoms with Crippen LogP contribution in [0.25, 0.3) is 0 Å². The zero-order chi connectivity index (χ0) is 13.8. The summed E-state index contributed by atoms with van der Waals surface area (Å²) in [6, 6.07) is 3.99. The van der Waals surface area contributed by atoms with Gasteiger partial charge in [-0.05, 0) is 0 Å². The molecule has 0 N–H and O–H groups in total. The summed E-state index contributed by atoms with van der Waals surface area (Å²) >= 11 is 2.52. The molecule has 0 bridgehead atoms. The fourth-order valence-electron chi connectivity index (χ4n) is 2.44. The molecule has 4 nitrogen and oxygen atoms in total. The van der Waals surface area contributed by atoms with Crippen LogP contribution in [0.2, 0.25) is 0 Å². The van der Waals surface area contributed by atoms with Crippen molar-refractivity contribution in [3.05, 3.63) is 17.7 Å². The summed E-state index contributed by atoms with van der Waals surface area (Å²) in [4.78, 5) is 14.0. The third-order valence-electron chi connectivity index (χ3n) is 3.35. The van der Waals surface area contributed by atoms with Gasteiger partial charge in [-0.15, -0.1) is 0 Å². The maximum atomic E-state index is 12.2. The van der Waals surface area contributed by atoms with Crippen LogP contribution in [0.3, 0.4) is 0 Å². The summed E-state index contributed by atoms with van der Waals surface area (Å²) < 4.78 is 11.7. The van der Waals surface area contributed by atoms with Crippen molar-refractivity contribution in [2.24, 2.45) is 0 Å². The second-order valence-electron chi connectivity index (χ2n) is 4.51. The van der Waals surface area contributed by atoms with E-state index in [1.807, 2.05) is 17.0 Å². The number of nitrogens with zero attached hydrogens (tertiary/aromatic N) is 1. The third kappa shape index (κ3) is 2.95. The summed E-state index contributed by atoms with van der Waals surface area (Å²) in [5.74, 6) is 1.05. The van der Waals surface area contributed by atoms with E-state index in [0.717, 1.165) is 34.2 Å². The van der Waals surface area contributed by atoms with Crippen molar-refractivity contribution in [3.8, 4) is 5.75 Å². The topological polar surface area (TPSA) is 38.8 Å². The summed E-state index contributed by atoms with van der Waals surface area (Å²) in [6.07, 6.45) is 2.32. The van der Waals surface area contributed by atoms with Gasteiger partial charge in [-0.2, -0.15) is 0 Å². The first-order chi connectivity index (χ1) is 9.19. The molecule has 0 aliphatic carbocycles. The molecule has 1 heterocycles. The number of fused-ring (bicyclic) bond motifs is 1. The number of anilines is 1. The van der Waals surface area contributed by atoms with E-state index in [-0.39, 0.29) is 5.91 Å². The van der Waals surface area contributed by atoms with Crippen molar-refractivity contribution in [2.45, 2.75) is 19.3 Å². The Hall–Kier alpha value is -0.992. The van der Waals surface area contributed by atoms with Crippen LogP contribution in [-0.2, 0) is 16.0 Å². The Balaban J connectivity index is 2.45. The molecule has 0 saturated heterocycles.